The zero-order valence-electron chi connectivity index (χ0n) is 15.0. The lowest BCUT2D eigenvalue weighted by atomic mass is 10.2. The highest BCUT2D eigenvalue weighted by atomic mass is 35.5. The first kappa shape index (κ1) is 21.1. The number of nitrogens with one attached hydrogen (secondary N) is 1. The molecule has 29 heavy (non-hydrogen) atoms. The van der Waals surface area contributed by atoms with Crippen LogP contribution in [0, 0.1) is 0 Å². The molecule has 3 amide bonds. The summed E-state index contributed by atoms with van der Waals surface area (Å²) in [6, 6.07) is 8.47. The normalized spacial score (nSPS) is 15.5. The van der Waals surface area contributed by atoms with Crippen LogP contribution in [0.25, 0.3) is 12.2 Å². The van der Waals surface area contributed by atoms with Crippen molar-refractivity contribution in [3.63, 3.8) is 0 Å². The van der Waals surface area contributed by atoms with Crippen LogP contribution in [0.4, 0.5) is 4.79 Å². The third-order valence-electron chi connectivity index (χ3n) is 3.87. The summed E-state index contributed by atoms with van der Waals surface area (Å²) in [5, 5.41) is 3.11. The van der Waals surface area contributed by atoms with Crippen LogP contribution in [0.15, 0.2) is 53.7 Å². The lowest BCUT2D eigenvalue weighted by Crippen LogP contribution is -2.36. The highest BCUT2D eigenvalue weighted by molar-refractivity contribution is 8.18. The molecule has 0 bridgehead atoms. The molecular formula is C20H15Cl2N3O3S. The van der Waals surface area contributed by atoms with Gasteiger partial charge >= 0.3 is 0 Å². The van der Waals surface area contributed by atoms with E-state index in [4.69, 9.17) is 23.2 Å². The first-order valence-corrected chi connectivity index (χ1v) is 10.1. The number of hydrogen-bond acceptors (Lipinski definition) is 5. The SMILES string of the molecule is O=C(C=Cc1cccnc1)NCCN1C(=O)SC(=Cc2ccc(Cl)cc2Cl)C1=O. The number of halogens is 2. The van der Waals surface area contributed by atoms with E-state index in [-0.39, 0.29) is 23.9 Å². The Bertz CT molecular complexity index is 1010. The average Bonchev–Trinajstić information content (AvgIpc) is 2.96. The maximum atomic E-state index is 12.5. The average molecular weight is 448 g/mol. The molecule has 1 aliphatic heterocycles. The summed E-state index contributed by atoms with van der Waals surface area (Å²) in [5.41, 5.74) is 1.38. The summed E-state index contributed by atoms with van der Waals surface area (Å²) in [4.78, 5) is 41.8. The van der Waals surface area contributed by atoms with E-state index in [1.807, 2.05) is 6.07 Å². The van der Waals surface area contributed by atoms with Gasteiger partial charge in [0.15, 0.2) is 0 Å². The molecule has 9 heteroatoms. The Balaban J connectivity index is 1.55. The molecule has 0 spiro atoms. The lowest BCUT2D eigenvalue weighted by Gasteiger charge is -2.12. The number of imide groups is 1. The van der Waals surface area contributed by atoms with Crippen molar-refractivity contribution in [3.05, 3.63) is 74.9 Å². The molecule has 148 valence electrons. The van der Waals surface area contributed by atoms with Crippen LogP contribution in [0.5, 0.6) is 0 Å². The molecule has 0 unspecified atom stereocenters. The minimum Gasteiger partial charge on any atom is -0.351 e. The Morgan fingerprint density at radius 1 is 1.24 bits per heavy atom. The third kappa shape index (κ3) is 5.69. The van der Waals surface area contributed by atoms with Crippen molar-refractivity contribution < 1.29 is 14.4 Å². The van der Waals surface area contributed by atoms with E-state index in [2.05, 4.69) is 10.3 Å². The number of hydrogen-bond donors (Lipinski definition) is 1. The molecule has 1 fully saturated rings. The number of aromatic nitrogens is 1. The van der Waals surface area contributed by atoms with Crippen LogP contribution in [0.3, 0.4) is 0 Å². The Kier molecular flexibility index (Phi) is 7.09. The van der Waals surface area contributed by atoms with E-state index in [1.165, 1.54) is 6.08 Å². The van der Waals surface area contributed by atoms with Gasteiger partial charge in [0.1, 0.15) is 0 Å². The van der Waals surface area contributed by atoms with E-state index < -0.39 is 11.1 Å². The van der Waals surface area contributed by atoms with Gasteiger partial charge in [0.05, 0.1) is 4.91 Å². The summed E-state index contributed by atoms with van der Waals surface area (Å²) in [5.74, 6) is -0.754. The Hall–Kier alpha value is -2.61. The molecule has 0 atom stereocenters. The smallest absolute Gasteiger partial charge is 0.293 e. The van der Waals surface area contributed by atoms with Crippen molar-refractivity contribution >= 4 is 64.2 Å². The summed E-state index contributed by atoms with van der Waals surface area (Å²) >= 11 is 12.8. The van der Waals surface area contributed by atoms with Crippen LogP contribution >= 0.6 is 35.0 Å². The highest BCUT2D eigenvalue weighted by Crippen LogP contribution is 2.33. The van der Waals surface area contributed by atoms with Crippen LogP contribution in [-0.2, 0) is 9.59 Å². The number of benzene rings is 1. The van der Waals surface area contributed by atoms with Gasteiger partial charge in [0.25, 0.3) is 11.1 Å². The first-order chi connectivity index (χ1) is 13.9. The fourth-order valence-electron chi connectivity index (χ4n) is 2.45. The van der Waals surface area contributed by atoms with Gasteiger partial charge in [0.2, 0.25) is 5.91 Å². The van der Waals surface area contributed by atoms with Crippen molar-refractivity contribution in [2.24, 2.45) is 0 Å². The molecule has 0 radical (unpaired) electrons. The predicted molar refractivity (Wildman–Crippen MR) is 115 cm³/mol. The van der Waals surface area contributed by atoms with Gasteiger partial charge in [-0.05, 0) is 53.2 Å². The standard InChI is InChI=1S/C20H15Cl2N3O3S/c21-15-5-4-14(16(22)11-15)10-17-19(27)25(20(28)29-17)9-8-24-18(26)6-3-13-2-1-7-23-12-13/h1-7,10-12H,8-9H2,(H,24,26). The van der Waals surface area contributed by atoms with Crippen molar-refractivity contribution in [1.29, 1.82) is 0 Å². The second-order valence-corrected chi connectivity index (χ2v) is 7.75. The molecule has 1 aromatic heterocycles. The summed E-state index contributed by atoms with van der Waals surface area (Å²) in [6.07, 6.45) is 7.82. The number of rotatable bonds is 6. The van der Waals surface area contributed by atoms with Crippen molar-refractivity contribution in [3.8, 4) is 0 Å². The lowest BCUT2D eigenvalue weighted by molar-refractivity contribution is -0.123. The topological polar surface area (TPSA) is 79.4 Å². The summed E-state index contributed by atoms with van der Waals surface area (Å²) < 4.78 is 0. The Morgan fingerprint density at radius 2 is 2.07 bits per heavy atom. The zero-order valence-corrected chi connectivity index (χ0v) is 17.3. The van der Waals surface area contributed by atoms with Crippen LogP contribution in [0.2, 0.25) is 10.0 Å². The van der Waals surface area contributed by atoms with Crippen LogP contribution in [0.1, 0.15) is 11.1 Å². The molecular weight excluding hydrogens is 433 g/mol. The Morgan fingerprint density at radius 3 is 2.79 bits per heavy atom. The quantitative estimate of drug-likeness (QED) is 0.669. The number of thioether (sulfide) groups is 1. The van der Waals surface area contributed by atoms with Gasteiger partial charge in [-0.15, -0.1) is 0 Å². The second kappa shape index (κ2) is 9.73. The van der Waals surface area contributed by atoms with Crippen molar-refractivity contribution in [2.75, 3.05) is 13.1 Å². The largest absolute Gasteiger partial charge is 0.351 e. The molecule has 2 aromatic rings. The fraction of sp³-hybridized carbons (Fsp3) is 0.100. The second-order valence-electron chi connectivity index (χ2n) is 5.91. The van der Waals surface area contributed by atoms with E-state index in [0.29, 0.717) is 15.6 Å². The third-order valence-corrected chi connectivity index (χ3v) is 5.34. The molecule has 0 aliphatic carbocycles. The van der Waals surface area contributed by atoms with Crippen LogP contribution < -0.4 is 5.32 Å². The van der Waals surface area contributed by atoms with Gasteiger partial charge < -0.3 is 5.32 Å². The molecule has 6 nitrogen and oxygen atoms in total. The van der Waals surface area contributed by atoms with Gasteiger partial charge in [-0.2, -0.15) is 0 Å². The molecule has 1 N–H and O–H groups in total. The van der Waals surface area contributed by atoms with Gasteiger partial charge in [-0.25, -0.2) is 0 Å². The number of carbonyl (C=O) groups is 3. The molecule has 3 rings (SSSR count). The predicted octanol–water partition coefficient (Wildman–Crippen LogP) is 4.25. The maximum absolute atomic E-state index is 12.5. The minimum absolute atomic E-state index is 0.0723. The summed E-state index contributed by atoms with van der Waals surface area (Å²) in [6.45, 7) is 0.214. The number of pyridine rings is 1. The van der Waals surface area contributed by atoms with E-state index in [0.717, 1.165) is 22.2 Å². The van der Waals surface area contributed by atoms with E-state index in [9.17, 15) is 14.4 Å². The molecule has 0 saturated carbocycles. The van der Waals surface area contributed by atoms with Crippen LogP contribution in [-0.4, -0.2) is 40.0 Å². The minimum atomic E-state index is -0.425. The van der Waals surface area contributed by atoms with Gasteiger partial charge in [0, 0.05) is 41.6 Å². The molecule has 1 saturated heterocycles. The van der Waals surface area contributed by atoms with Gasteiger partial charge in [-0.1, -0.05) is 35.3 Å². The fourth-order valence-corrected chi connectivity index (χ4v) is 3.77. The molecule has 2 heterocycles. The molecule has 1 aliphatic rings. The van der Waals surface area contributed by atoms with E-state index >= 15 is 0 Å². The van der Waals surface area contributed by atoms with Gasteiger partial charge in [-0.3, -0.25) is 24.3 Å². The number of nitrogens with zero attached hydrogens (tertiary/aromatic N) is 2. The Labute approximate surface area is 181 Å². The monoisotopic (exact) mass is 447 g/mol. The van der Waals surface area contributed by atoms with Crippen molar-refractivity contribution in [2.45, 2.75) is 0 Å². The van der Waals surface area contributed by atoms with Crippen molar-refractivity contribution in [1.82, 2.24) is 15.2 Å². The summed E-state index contributed by atoms with van der Waals surface area (Å²) in [7, 11) is 0. The molecule has 1 aromatic carbocycles. The highest BCUT2D eigenvalue weighted by Gasteiger charge is 2.34. The number of carbonyl (C=O) groups excluding carboxylic acids is 3. The number of amides is 3. The first-order valence-electron chi connectivity index (χ1n) is 8.50. The zero-order chi connectivity index (χ0) is 20.8. The van der Waals surface area contributed by atoms with E-state index in [1.54, 1.807) is 48.8 Å². The maximum Gasteiger partial charge on any atom is 0.293 e.